The second-order valence-corrected chi connectivity index (χ2v) is 7.72. The highest BCUT2D eigenvalue weighted by molar-refractivity contribution is 9.10. The van der Waals surface area contributed by atoms with Crippen molar-refractivity contribution in [3.05, 3.63) is 88.3 Å². The van der Waals surface area contributed by atoms with E-state index in [0.29, 0.717) is 23.7 Å². The Morgan fingerprint density at radius 1 is 1.03 bits per heavy atom. The Labute approximate surface area is 184 Å². The largest absolute Gasteiger partial charge is 0.484 e. The molecule has 30 heavy (non-hydrogen) atoms. The summed E-state index contributed by atoms with van der Waals surface area (Å²) in [6.07, 6.45) is 3.21. The highest BCUT2D eigenvalue weighted by atomic mass is 79.9. The molecular formula is C24H22BrNO4. The molecule has 0 amide bonds. The van der Waals surface area contributed by atoms with Crippen molar-refractivity contribution in [1.82, 2.24) is 0 Å². The van der Waals surface area contributed by atoms with Crippen LogP contribution in [0.3, 0.4) is 0 Å². The second kappa shape index (κ2) is 9.78. The molecule has 0 unspecified atom stereocenters. The summed E-state index contributed by atoms with van der Waals surface area (Å²) in [4.78, 5) is 14.7. The predicted molar refractivity (Wildman–Crippen MR) is 120 cm³/mol. The predicted octanol–water partition coefficient (Wildman–Crippen LogP) is 5.35. The van der Waals surface area contributed by atoms with Gasteiger partial charge in [-0.3, -0.25) is 4.79 Å². The molecule has 0 N–H and O–H groups in total. The number of ether oxygens (including phenoxy) is 2. The van der Waals surface area contributed by atoms with E-state index < -0.39 is 0 Å². The summed E-state index contributed by atoms with van der Waals surface area (Å²) < 4.78 is 17.7. The van der Waals surface area contributed by atoms with E-state index in [1.165, 1.54) is 6.08 Å². The SMILES string of the molecule is O=C(/C=C/c1ccc(COc2ccccc2Br)o1)c1ccc(N2CCOCC2)cc1. The van der Waals surface area contributed by atoms with Gasteiger partial charge in [-0.25, -0.2) is 0 Å². The maximum absolute atomic E-state index is 12.5. The Morgan fingerprint density at radius 3 is 2.57 bits per heavy atom. The van der Waals surface area contributed by atoms with Crippen LogP contribution in [-0.2, 0) is 11.3 Å². The van der Waals surface area contributed by atoms with E-state index >= 15 is 0 Å². The average Bonchev–Trinajstić information content (AvgIpc) is 3.25. The third kappa shape index (κ3) is 5.20. The van der Waals surface area contributed by atoms with E-state index in [2.05, 4.69) is 20.8 Å². The maximum atomic E-state index is 12.5. The minimum Gasteiger partial charge on any atom is -0.484 e. The Hall–Kier alpha value is -2.83. The van der Waals surface area contributed by atoms with Crippen LogP contribution < -0.4 is 9.64 Å². The first-order valence-electron chi connectivity index (χ1n) is 9.80. The average molecular weight is 468 g/mol. The van der Waals surface area contributed by atoms with Gasteiger partial charge in [0.1, 0.15) is 23.9 Å². The van der Waals surface area contributed by atoms with Crippen LogP contribution in [0.5, 0.6) is 5.75 Å². The summed E-state index contributed by atoms with van der Waals surface area (Å²) in [6.45, 7) is 3.54. The normalized spacial score (nSPS) is 14.2. The van der Waals surface area contributed by atoms with Crippen LogP contribution in [0.15, 0.2) is 75.6 Å². The van der Waals surface area contributed by atoms with E-state index in [1.54, 1.807) is 6.08 Å². The summed E-state index contributed by atoms with van der Waals surface area (Å²) in [7, 11) is 0. The molecule has 2 heterocycles. The van der Waals surface area contributed by atoms with Crippen molar-refractivity contribution < 1.29 is 18.7 Å². The van der Waals surface area contributed by atoms with Crippen LogP contribution in [0, 0.1) is 0 Å². The number of rotatable bonds is 7. The van der Waals surface area contributed by atoms with Crippen LogP contribution >= 0.6 is 15.9 Å². The monoisotopic (exact) mass is 467 g/mol. The van der Waals surface area contributed by atoms with E-state index in [4.69, 9.17) is 13.9 Å². The first kappa shape index (κ1) is 20.4. The zero-order valence-electron chi connectivity index (χ0n) is 16.4. The molecule has 0 bridgehead atoms. The summed E-state index contributed by atoms with van der Waals surface area (Å²) in [6, 6.07) is 19.0. The first-order chi connectivity index (χ1) is 14.7. The van der Waals surface area contributed by atoms with E-state index in [0.717, 1.165) is 42.2 Å². The summed E-state index contributed by atoms with van der Waals surface area (Å²) in [5.41, 5.74) is 1.76. The molecule has 1 aromatic heterocycles. The van der Waals surface area contributed by atoms with Gasteiger partial charge in [0.05, 0.1) is 17.7 Å². The number of anilines is 1. The molecule has 154 valence electrons. The molecule has 0 saturated carbocycles. The molecule has 1 aliphatic rings. The number of halogens is 1. The van der Waals surface area contributed by atoms with Crippen molar-refractivity contribution in [3.63, 3.8) is 0 Å². The van der Waals surface area contributed by atoms with Gasteiger partial charge >= 0.3 is 0 Å². The van der Waals surface area contributed by atoms with Gasteiger partial charge in [0, 0.05) is 24.3 Å². The van der Waals surface area contributed by atoms with Crippen molar-refractivity contribution in [2.75, 3.05) is 31.2 Å². The highest BCUT2D eigenvalue weighted by Crippen LogP contribution is 2.25. The summed E-state index contributed by atoms with van der Waals surface area (Å²) in [5, 5.41) is 0. The number of benzene rings is 2. The molecule has 5 nitrogen and oxygen atoms in total. The van der Waals surface area contributed by atoms with Gasteiger partial charge < -0.3 is 18.8 Å². The lowest BCUT2D eigenvalue weighted by Crippen LogP contribution is -2.36. The van der Waals surface area contributed by atoms with Gasteiger partial charge in [-0.2, -0.15) is 0 Å². The third-order valence-electron chi connectivity index (χ3n) is 4.82. The number of hydrogen-bond donors (Lipinski definition) is 0. The fourth-order valence-electron chi connectivity index (χ4n) is 3.18. The van der Waals surface area contributed by atoms with Crippen LogP contribution in [0.4, 0.5) is 5.69 Å². The van der Waals surface area contributed by atoms with Crippen LogP contribution in [0.1, 0.15) is 21.9 Å². The van der Waals surface area contributed by atoms with Gasteiger partial charge in [-0.1, -0.05) is 12.1 Å². The lowest BCUT2D eigenvalue weighted by Gasteiger charge is -2.28. The maximum Gasteiger partial charge on any atom is 0.185 e. The molecule has 1 fully saturated rings. The zero-order chi connectivity index (χ0) is 20.8. The number of carbonyl (C=O) groups is 1. The van der Waals surface area contributed by atoms with Crippen LogP contribution in [-0.4, -0.2) is 32.1 Å². The number of allylic oxidation sites excluding steroid dienone is 1. The summed E-state index contributed by atoms with van der Waals surface area (Å²) >= 11 is 3.45. The number of hydrogen-bond acceptors (Lipinski definition) is 5. The molecule has 0 atom stereocenters. The molecule has 1 aliphatic heterocycles. The molecule has 0 aliphatic carbocycles. The Morgan fingerprint density at radius 2 is 1.80 bits per heavy atom. The van der Waals surface area contributed by atoms with Gasteiger partial charge in [-0.15, -0.1) is 0 Å². The molecular weight excluding hydrogens is 446 g/mol. The number of furan rings is 1. The number of carbonyl (C=O) groups excluding carboxylic acids is 1. The smallest absolute Gasteiger partial charge is 0.185 e. The minimum absolute atomic E-state index is 0.0639. The summed E-state index contributed by atoms with van der Waals surface area (Å²) in [5.74, 6) is 1.99. The van der Waals surface area contributed by atoms with Gasteiger partial charge in [0.2, 0.25) is 0 Å². The zero-order valence-corrected chi connectivity index (χ0v) is 18.0. The lowest BCUT2D eigenvalue weighted by molar-refractivity contribution is 0.104. The minimum atomic E-state index is -0.0639. The molecule has 2 aromatic carbocycles. The molecule has 1 saturated heterocycles. The quantitative estimate of drug-likeness (QED) is 0.346. The Balaban J connectivity index is 1.33. The topological polar surface area (TPSA) is 51.9 Å². The van der Waals surface area contributed by atoms with E-state index in [1.807, 2.05) is 60.7 Å². The molecule has 0 radical (unpaired) electrons. The van der Waals surface area contributed by atoms with Crippen molar-refractivity contribution in [2.45, 2.75) is 6.61 Å². The molecule has 4 rings (SSSR count). The molecule has 3 aromatic rings. The van der Waals surface area contributed by atoms with Crippen LogP contribution in [0.25, 0.3) is 6.08 Å². The second-order valence-electron chi connectivity index (χ2n) is 6.87. The highest BCUT2D eigenvalue weighted by Gasteiger charge is 2.11. The van der Waals surface area contributed by atoms with Gasteiger partial charge in [0.25, 0.3) is 0 Å². The van der Waals surface area contributed by atoms with E-state index in [-0.39, 0.29) is 5.78 Å². The van der Waals surface area contributed by atoms with Crippen molar-refractivity contribution in [3.8, 4) is 5.75 Å². The number of ketones is 1. The molecule has 6 heteroatoms. The Kier molecular flexibility index (Phi) is 6.67. The third-order valence-corrected chi connectivity index (χ3v) is 5.47. The number of morpholine rings is 1. The van der Waals surface area contributed by atoms with Gasteiger partial charge in [-0.05, 0) is 76.6 Å². The van der Waals surface area contributed by atoms with Crippen molar-refractivity contribution in [1.29, 1.82) is 0 Å². The van der Waals surface area contributed by atoms with Crippen molar-refractivity contribution >= 4 is 33.5 Å². The first-order valence-corrected chi connectivity index (χ1v) is 10.6. The van der Waals surface area contributed by atoms with Crippen LogP contribution in [0.2, 0.25) is 0 Å². The Bertz CT molecular complexity index is 1020. The fourth-order valence-corrected chi connectivity index (χ4v) is 3.58. The van der Waals surface area contributed by atoms with Crippen molar-refractivity contribution in [2.24, 2.45) is 0 Å². The fraction of sp³-hybridized carbons (Fsp3) is 0.208. The number of para-hydroxylation sites is 1. The number of nitrogens with zero attached hydrogens (tertiary/aromatic N) is 1. The molecule has 0 spiro atoms. The lowest BCUT2D eigenvalue weighted by atomic mass is 10.1. The van der Waals surface area contributed by atoms with Gasteiger partial charge in [0.15, 0.2) is 5.78 Å². The van der Waals surface area contributed by atoms with E-state index in [9.17, 15) is 4.79 Å². The standard InChI is InChI=1S/C24H22BrNO4/c25-22-3-1-2-4-24(22)29-17-21-10-9-20(30-21)11-12-23(27)18-5-7-19(8-6-18)26-13-15-28-16-14-26/h1-12H,13-17H2/b12-11+.